The van der Waals surface area contributed by atoms with Crippen LogP contribution in [0.1, 0.15) is 66.2 Å². The van der Waals surface area contributed by atoms with Gasteiger partial charge in [0, 0.05) is 56.5 Å². The molecule has 2 aliphatic rings. The van der Waals surface area contributed by atoms with Crippen molar-refractivity contribution < 1.29 is 14.7 Å². The van der Waals surface area contributed by atoms with Crippen LogP contribution in [0, 0.1) is 6.92 Å². The van der Waals surface area contributed by atoms with Crippen LogP contribution in [0.25, 0.3) is 10.9 Å². The number of aryl methyl sites for hydroxylation is 1. The van der Waals surface area contributed by atoms with Gasteiger partial charge in [0.2, 0.25) is 0 Å². The molecule has 2 aromatic carbocycles. The number of carboxylic acid groups (broad SMARTS) is 1. The summed E-state index contributed by atoms with van der Waals surface area (Å²) >= 11 is 0. The summed E-state index contributed by atoms with van der Waals surface area (Å²) in [6.07, 6.45) is 4.99. The fourth-order valence-electron chi connectivity index (χ4n) is 5.21. The second-order valence-corrected chi connectivity index (χ2v) is 9.77. The van der Waals surface area contributed by atoms with Crippen molar-refractivity contribution in [2.75, 3.05) is 13.1 Å². The number of oxime groups is 1. The molecule has 172 valence electrons. The maximum absolute atomic E-state index is 11.1. The minimum atomic E-state index is -0.915. The largest absolute Gasteiger partial charge is 0.478 e. The molecule has 2 aliphatic heterocycles. The number of hydrogen-bond donors (Lipinski definition) is 1. The molecule has 0 amide bonds. The lowest BCUT2D eigenvalue weighted by atomic mass is 9.85. The van der Waals surface area contributed by atoms with E-state index in [9.17, 15) is 4.79 Å². The number of carboxylic acids is 1. The molecular weight excluding hydrogens is 414 g/mol. The molecule has 0 saturated carbocycles. The van der Waals surface area contributed by atoms with Crippen LogP contribution in [0.4, 0.5) is 0 Å². The molecule has 6 nitrogen and oxygen atoms in total. The minimum Gasteiger partial charge on any atom is -0.478 e. The SMILES string of the molecule is Cc1cccc2c(CN3CCC4(CC3)CC(c3ccc(C(=O)O)cc3)=NO4)cn(C(C)C)c12. The van der Waals surface area contributed by atoms with Crippen LogP contribution < -0.4 is 0 Å². The van der Waals surface area contributed by atoms with Gasteiger partial charge in [-0.25, -0.2) is 4.79 Å². The van der Waals surface area contributed by atoms with Crippen LogP contribution in [0.5, 0.6) is 0 Å². The van der Waals surface area contributed by atoms with Crippen LogP contribution in [-0.4, -0.2) is 44.9 Å². The van der Waals surface area contributed by atoms with Gasteiger partial charge in [-0.05, 0) is 49.6 Å². The summed E-state index contributed by atoms with van der Waals surface area (Å²) in [5.41, 5.74) is 5.97. The Bertz CT molecular complexity index is 1220. The van der Waals surface area contributed by atoms with Crippen molar-refractivity contribution in [3.05, 3.63) is 70.9 Å². The molecule has 6 heteroatoms. The monoisotopic (exact) mass is 445 g/mol. The van der Waals surface area contributed by atoms with E-state index in [4.69, 9.17) is 9.94 Å². The number of aromatic nitrogens is 1. The van der Waals surface area contributed by atoms with E-state index < -0.39 is 5.97 Å². The second-order valence-electron chi connectivity index (χ2n) is 9.77. The molecule has 3 heterocycles. The summed E-state index contributed by atoms with van der Waals surface area (Å²) in [7, 11) is 0. The smallest absolute Gasteiger partial charge is 0.335 e. The molecule has 5 rings (SSSR count). The third-order valence-electron chi connectivity index (χ3n) is 7.16. The number of carbonyl (C=O) groups is 1. The van der Waals surface area contributed by atoms with E-state index in [0.29, 0.717) is 6.04 Å². The van der Waals surface area contributed by atoms with E-state index in [-0.39, 0.29) is 11.2 Å². The highest BCUT2D eigenvalue weighted by molar-refractivity contribution is 6.02. The molecule has 0 aliphatic carbocycles. The van der Waals surface area contributed by atoms with Gasteiger partial charge < -0.3 is 14.5 Å². The van der Waals surface area contributed by atoms with Crippen LogP contribution >= 0.6 is 0 Å². The average Bonchev–Trinajstić information content (AvgIpc) is 3.39. The topological polar surface area (TPSA) is 67.1 Å². The Balaban J connectivity index is 1.25. The van der Waals surface area contributed by atoms with E-state index in [2.05, 4.69) is 59.8 Å². The minimum absolute atomic E-state index is 0.236. The van der Waals surface area contributed by atoms with E-state index in [1.54, 1.807) is 12.1 Å². The summed E-state index contributed by atoms with van der Waals surface area (Å²) in [5, 5.41) is 14.9. The molecule has 3 aromatic rings. The Labute approximate surface area is 194 Å². The lowest BCUT2D eigenvalue weighted by molar-refractivity contribution is -0.0626. The summed E-state index contributed by atoms with van der Waals surface area (Å²) in [5.74, 6) is -0.915. The van der Waals surface area contributed by atoms with Crippen LogP contribution in [0.15, 0.2) is 53.8 Å². The number of para-hydroxylation sites is 1. The molecule has 33 heavy (non-hydrogen) atoms. The van der Waals surface area contributed by atoms with Gasteiger partial charge >= 0.3 is 5.97 Å². The Morgan fingerprint density at radius 1 is 1.15 bits per heavy atom. The number of fused-ring (bicyclic) bond motifs is 1. The first-order valence-electron chi connectivity index (χ1n) is 11.8. The number of aromatic carboxylic acids is 1. The molecule has 0 bridgehead atoms. The summed E-state index contributed by atoms with van der Waals surface area (Å²) in [4.78, 5) is 19.6. The number of nitrogens with zero attached hydrogens (tertiary/aromatic N) is 3. The van der Waals surface area contributed by atoms with E-state index in [1.165, 1.54) is 22.0 Å². The predicted molar refractivity (Wildman–Crippen MR) is 130 cm³/mol. The van der Waals surface area contributed by atoms with Crippen molar-refractivity contribution in [3.63, 3.8) is 0 Å². The molecule has 1 aromatic heterocycles. The van der Waals surface area contributed by atoms with Crippen molar-refractivity contribution >= 4 is 22.6 Å². The van der Waals surface area contributed by atoms with Gasteiger partial charge in [0.05, 0.1) is 16.8 Å². The van der Waals surface area contributed by atoms with Gasteiger partial charge in [-0.1, -0.05) is 35.5 Å². The van der Waals surface area contributed by atoms with Gasteiger partial charge in [-0.2, -0.15) is 0 Å². The predicted octanol–water partition coefficient (Wildman–Crippen LogP) is 5.39. The van der Waals surface area contributed by atoms with Crippen molar-refractivity contribution in [1.29, 1.82) is 0 Å². The van der Waals surface area contributed by atoms with Crippen LogP contribution in [0.2, 0.25) is 0 Å². The Morgan fingerprint density at radius 3 is 2.55 bits per heavy atom. The first-order chi connectivity index (χ1) is 15.8. The number of likely N-dealkylation sites (tertiary alicyclic amines) is 1. The normalized spacial score (nSPS) is 18.1. The van der Waals surface area contributed by atoms with Gasteiger partial charge in [0.15, 0.2) is 0 Å². The Kier molecular flexibility index (Phi) is 5.49. The molecule has 0 unspecified atom stereocenters. The van der Waals surface area contributed by atoms with E-state index >= 15 is 0 Å². The third kappa shape index (κ3) is 4.04. The summed E-state index contributed by atoms with van der Waals surface area (Å²) in [6, 6.07) is 13.9. The van der Waals surface area contributed by atoms with Gasteiger partial charge in [-0.15, -0.1) is 0 Å². The zero-order chi connectivity index (χ0) is 23.2. The lowest BCUT2D eigenvalue weighted by Gasteiger charge is -2.37. The van der Waals surface area contributed by atoms with Crippen molar-refractivity contribution in [2.45, 2.75) is 58.2 Å². The molecule has 1 N–H and O–H groups in total. The third-order valence-corrected chi connectivity index (χ3v) is 7.16. The Hall–Kier alpha value is -3.12. The first-order valence-corrected chi connectivity index (χ1v) is 11.8. The summed E-state index contributed by atoms with van der Waals surface area (Å²) in [6.45, 7) is 9.57. The first kappa shape index (κ1) is 21.7. The standard InChI is InChI=1S/C27H31N3O3/c1-18(2)30-17-22(23-6-4-5-19(3)25(23)30)16-29-13-11-27(12-14-29)15-24(28-33-27)20-7-9-21(10-8-20)26(31)32/h4-10,17-18H,11-16H2,1-3H3,(H,31,32). The number of hydrogen-bond acceptors (Lipinski definition) is 4. The second kappa shape index (κ2) is 8.34. The number of rotatable bonds is 5. The highest BCUT2D eigenvalue weighted by Crippen LogP contribution is 2.37. The zero-order valence-electron chi connectivity index (χ0n) is 19.5. The summed E-state index contributed by atoms with van der Waals surface area (Å²) < 4.78 is 2.40. The van der Waals surface area contributed by atoms with Crippen molar-refractivity contribution in [2.24, 2.45) is 5.16 Å². The quantitative estimate of drug-likeness (QED) is 0.572. The highest BCUT2D eigenvalue weighted by atomic mass is 16.7. The van der Waals surface area contributed by atoms with Crippen LogP contribution in [0.3, 0.4) is 0 Å². The Morgan fingerprint density at radius 2 is 1.88 bits per heavy atom. The van der Waals surface area contributed by atoms with Gasteiger partial charge in [0.25, 0.3) is 0 Å². The zero-order valence-corrected chi connectivity index (χ0v) is 19.5. The molecule has 0 atom stereocenters. The molecule has 1 saturated heterocycles. The number of piperidine rings is 1. The fourth-order valence-corrected chi connectivity index (χ4v) is 5.21. The number of benzene rings is 2. The van der Waals surface area contributed by atoms with Gasteiger partial charge in [-0.3, -0.25) is 4.90 Å². The average molecular weight is 446 g/mol. The molecule has 1 fully saturated rings. The molecular formula is C27H31N3O3. The van der Waals surface area contributed by atoms with Crippen molar-refractivity contribution in [3.8, 4) is 0 Å². The van der Waals surface area contributed by atoms with Crippen molar-refractivity contribution in [1.82, 2.24) is 9.47 Å². The highest BCUT2D eigenvalue weighted by Gasteiger charge is 2.42. The molecule has 0 radical (unpaired) electrons. The molecule has 1 spiro atoms. The lowest BCUT2D eigenvalue weighted by Crippen LogP contribution is -2.44. The van der Waals surface area contributed by atoms with E-state index in [0.717, 1.165) is 50.2 Å². The van der Waals surface area contributed by atoms with Crippen LogP contribution in [-0.2, 0) is 11.4 Å². The van der Waals surface area contributed by atoms with E-state index in [1.807, 2.05) is 12.1 Å². The maximum atomic E-state index is 11.1. The fraction of sp³-hybridized carbons (Fsp3) is 0.407. The maximum Gasteiger partial charge on any atom is 0.335 e. The van der Waals surface area contributed by atoms with Gasteiger partial charge in [0.1, 0.15) is 5.60 Å².